The first kappa shape index (κ1) is 12.5. The van der Waals surface area contributed by atoms with Gasteiger partial charge in [0.2, 0.25) is 0 Å². The molecule has 0 bridgehead atoms. The zero-order chi connectivity index (χ0) is 13.1. The Balaban J connectivity index is 2.33. The second-order valence-electron chi connectivity index (χ2n) is 4.71. The van der Waals surface area contributed by atoms with Crippen LogP contribution in [0.2, 0.25) is 0 Å². The van der Waals surface area contributed by atoms with Crippen LogP contribution in [0.3, 0.4) is 0 Å². The molecule has 0 heterocycles. The van der Waals surface area contributed by atoms with Crippen molar-refractivity contribution in [3.05, 3.63) is 39.9 Å². The number of carboxylic acid groups (broad SMARTS) is 1. The zero-order valence-electron chi connectivity index (χ0n) is 9.91. The summed E-state index contributed by atoms with van der Waals surface area (Å²) < 4.78 is 0. The largest absolute Gasteiger partial charge is 0.481 e. The van der Waals surface area contributed by atoms with Gasteiger partial charge < -0.3 is 5.11 Å². The van der Waals surface area contributed by atoms with Gasteiger partial charge in [0.15, 0.2) is 0 Å². The van der Waals surface area contributed by atoms with E-state index >= 15 is 0 Å². The minimum Gasteiger partial charge on any atom is -0.481 e. The predicted octanol–water partition coefficient (Wildman–Crippen LogP) is 2.95. The number of rotatable bonds is 4. The molecule has 96 valence electrons. The van der Waals surface area contributed by atoms with Gasteiger partial charge >= 0.3 is 5.97 Å². The molecule has 0 aromatic heterocycles. The van der Waals surface area contributed by atoms with E-state index < -0.39 is 16.8 Å². The average Bonchev–Trinajstić information content (AvgIpc) is 2.82. The van der Waals surface area contributed by atoms with E-state index in [1.165, 1.54) is 12.1 Å². The molecule has 1 N–H and O–H groups in total. The van der Waals surface area contributed by atoms with Crippen molar-refractivity contribution >= 4 is 11.7 Å². The zero-order valence-corrected chi connectivity index (χ0v) is 9.91. The topological polar surface area (TPSA) is 80.4 Å². The van der Waals surface area contributed by atoms with E-state index in [0.717, 1.165) is 25.7 Å². The Hall–Kier alpha value is -1.91. The van der Waals surface area contributed by atoms with Gasteiger partial charge in [-0.25, -0.2) is 0 Å². The normalized spacial score (nSPS) is 17.6. The smallest absolute Gasteiger partial charge is 0.311 e. The summed E-state index contributed by atoms with van der Waals surface area (Å²) in [4.78, 5) is 21.6. The van der Waals surface area contributed by atoms with Crippen molar-refractivity contribution in [2.45, 2.75) is 31.6 Å². The predicted molar refractivity (Wildman–Crippen MR) is 65.4 cm³/mol. The summed E-state index contributed by atoms with van der Waals surface area (Å²) in [5.74, 6) is -1.40. The Morgan fingerprint density at radius 3 is 2.61 bits per heavy atom. The highest BCUT2D eigenvalue weighted by Gasteiger charge is 2.32. The number of carbonyl (C=O) groups is 1. The lowest BCUT2D eigenvalue weighted by atomic mass is 9.85. The van der Waals surface area contributed by atoms with Gasteiger partial charge in [-0.15, -0.1) is 0 Å². The Morgan fingerprint density at radius 1 is 1.39 bits per heavy atom. The molecule has 1 aromatic rings. The van der Waals surface area contributed by atoms with E-state index in [0.29, 0.717) is 5.56 Å². The van der Waals surface area contributed by atoms with Crippen molar-refractivity contribution in [1.29, 1.82) is 0 Å². The molecule has 0 radical (unpaired) electrons. The minimum absolute atomic E-state index is 0.0447. The number of hydrogen-bond acceptors (Lipinski definition) is 3. The SMILES string of the molecule is O=C(O)C(c1cccc([N+](=O)[O-])c1)C1CCCC1. The molecule has 1 aliphatic carbocycles. The second kappa shape index (κ2) is 5.16. The Bertz CT molecular complexity index is 466. The van der Waals surface area contributed by atoms with E-state index in [9.17, 15) is 20.0 Å². The highest BCUT2D eigenvalue weighted by molar-refractivity contribution is 5.76. The molecule has 1 fully saturated rings. The Morgan fingerprint density at radius 2 is 2.06 bits per heavy atom. The third-order valence-electron chi connectivity index (χ3n) is 3.58. The number of non-ortho nitro benzene ring substituents is 1. The molecule has 0 amide bonds. The van der Waals surface area contributed by atoms with Gasteiger partial charge in [-0.05, 0) is 24.3 Å². The van der Waals surface area contributed by atoms with Crippen molar-refractivity contribution in [2.24, 2.45) is 5.92 Å². The highest BCUT2D eigenvalue weighted by Crippen LogP contribution is 2.38. The van der Waals surface area contributed by atoms with Crippen LogP contribution in [-0.4, -0.2) is 16.0 Å². The monoisotopic (exact) mass is 249 g/mol. The number of nitro groups is 1. The van der Waals surface area contributed by atoms with Gasteiger partial charge in [-0.3, -0.25) is 14.9 Å². The lowest BCUT2D eigenvalue weighted by Gasteiger charge is -2.19. The van der Waals surface area contributed by atoms with Crippen molar-refractivity contribution in [2.75, 3.05) is 0 Å². The number of nitro benzene ring substituents is 1. The molecule has 5 nitrogen and oxygen atoms in total. The average molecular weight is 249 g/mol. The summed E-state index contributed by atoms with van der Waals surface area (Å²) in [5, 5.41) is 20.1. The van der Waals surface area contributed by atoms with Crippen LogP contribution in [0.5, 0.6) is 0 Å². The van der Waals surface area contributed by atoms with Crippen molar-refractivity contribution in [3.8, 4) is 0 Å². The molecule has 1 atom stereocenters. The molecule has 5 heteroatoms. The molecule has 1 unspecified atom stereocenters. The van der Waals surface area contributed by atoms with E-state index in [2.05, 4.69) is 0 Å². The van der Waals surface area contributed by atoms with Gasteiger partial charge in [-0.2, -0.15) is 0 Å². The molecule has 0 aliphatic heterocycles. The van der Waals surface area contributed by atoms with Crippen LogP contribution in [0.25, 0.3) is 0 Å². The van der Waals surface area contributed by atoms with Crippen LogP contribution in [0.15, 0.2) is 24.3 Å². The number of nitrogens with zero attached hydrogens (tertiary/aromatic N) is 1. The third kappa shape index (κ3) is 2.50. The molecular formula is C13H15NO4. The third-order valence-corrected chi connectivity index (χ3v) is 3.58. The summed E-state index contributed by atoms with van der Waals surface area (Å²) in [6.45, 7) is 0. The fraction of sp³-hybridized carbons (Fsp3) is 0.462. The Kier molecular flexibility index (Phi) is 3.60. The van der Waals surface area contributed by atoms with E-state index in [4.69, 9.17) is 0 Å². The first-order valence-corrected chi connectivity index (χ1v) is 6.07. The van der Waals surface area contributed by atoms with Crippen LogP contribution in [-0.2, 0) is 4.79 Å². The fourth-order valence-electron chi connectivity index (χ4n) is 2.74. The number of aliphatic carboxylic acids is 1. The summed E-state index contributed by atoms with van der Waals surface area (Å²) in [7, 11) is 0. The van der Waals surface area contributed by atoms with Crippen molar-refractivity contribution < 1.29 is 14.8 Å². The molecule has 1 saturated carbocycles. The summed E-state index contributed by atoms with van der Waals surface area (Å²) >= 11 is 0. The summed E-state index contributed by atoms with van der Waals surface area (Å²) in [6.07, 6.45) is 3.87. The number of carboxylic acids is 1. The van der Waals surface area contributed by atoms with Crippen LogP contribution in [0, 0.1) is 16.0 Å². The van der Waals surface area contributed by atoms with Crippen LogP contribution in [0.4, 0.5) is 5.69 Å². The maximum absolute atomic E-state index is 11.4. The number of hydrogen-bond donors (Lipinski definition) is 1. The first-order valence-electron chi connectivity index (χ1n) is 6.07. The molecule has 1 aromatic carbocycles. The van der Waals surface area contributed by atoms with Gasteiger partial charge in [0.25, 0.3) is 5.69 Å². The fourth-order valence-corrected chi connectivity index (χ4v) is 2.74. The first-order chi connectivity index (χ1) is 8.59. The number of benzene rings is 1. The quantitative estimate of drug-likeness (QED) is 0.657. The molecule has 2 rings (SSSR count). The minimum atomic E-state index is -0.887. The van der Waals surface area contributed by atoms with Gasteiger partial charge in [0, 0.05) is 12.1 Å². The maximum Gasteiger partial charge on any atom is 0.311 e. The Labute approximate surface area is 105 Å². The standard InChI is InChI=1S/C13H15NO4/c15-13(16)12(9-4-1-2-5-9)10-6-3-7-11(8-10)14(17)18/h3,6-9,12H,1-2,4-5H2,(H,15,16). The van der Waals surface area contributed by atoms with Crippen molar-refractivity contribution in [3.63, 3.8) is 0 Å². The van der Waals surface area contributed by atoms with Gasteiger partial charge in [0.1, 0.15) is 0 Å². The summed E-state index contributed by atoms with van der Waals surface area (Å²) in [5.41, 5.74) is 0.500. The van der Waals surface area contributed by atoms with Gasteiger partial charge in [-0.1, -0.05) is 25.0 Å². The van der Waals surface area contributed by atoms with Crippen molar-refractivity contribution in [1.82, 2.24) is 0 Å². The summed E-state index contributed by atoms with van der Waals surface area (Å²) in [6, 6.07) is 6.00. The molecule has 1 aliphatic rings. The van der Waals surface area contributed by atoms with E-state index in [1.807, 2.05) is 0 Å². The molecular weight excluding hydrogens is 234 g/mol. The van der Waals surface area contributed by atoms with Crippen LogP contribution >= 0.6 is 0 Å². The second-order valence-corrected chi connectivity index (χ2v) is 4.71. The molecule has 0 spiro atoms. The lowest BCUT2D eigenvalue weighted by Crippen LogP contribution is -2.19. The van der Waals surface area contributed by atoms with Crippen LogP contribution in [0.1, 0.15) is 37.2 Å². The van der Waals surface area contributed by atoms with Crippen LogP contribution < -0.4 is 0 Å². The highest BCUT2D eigenvalue weighted by atomic mass is 16.6. The van der Waals surface area contributed by atoms with E-state index in [1.54, 1.807) is 12.1 Å². The molecule has 0 saturated heterocycles. The molecule has 18 heavy (non-hydrogen) atoms. The lowest BCUT2D eigenvalue weighted by molar-refractivity contribution is -0.384. The van der Waals surface area contributed by atoms with E-state index in [-0.39, 0.29) is 11.6 Å². The maximum atomic E-state index is 11.4. The van der Waals surface area contributed by atoms with Gasteiger partial charge in [0.05, 0.1) is 10.8 Å².